The molecule has 10 heteroatoms. The van der Waals surface area contributed by atoms with Crippen LogP contribution in [-0.4, -0.2) is 59.6 Å². The van der Waals surface area contributed by atoms with E-state index < -0.39 is 54.6 Å². The van der Waals surface area contributed by atoms with Gasteiger partial charge in [0.25, 0.3) is 0 Å². The molecule has 0 amide bonds. The average molecular weight is 546 g/mol. The van der Waals surface area contributed by atoms with Gasteiger partial charge in [-0.15, -0.1) is 0 Å². The van der Waals surface area contributed by atoms with E-state index in [1.807, 2.05) is 51.2 Å². The maximum absolute atomic E-state index is 12.9. The molecule has 0 radical (unpaired) electrons. The minimum absolute atomic E-state index is 0.0426. The zero-order valence-electron chi connectivity index (χ0n) is 23.1. The van der Waals surface area contributed by atoms with Gasteiger partial charge in [0.1, 0.15) is 0 Å². The lowest BCUT2D eigenvalue weighted by molar-refractivity contribution is -0.294. The molecule has 0 aliphatic carbocycles. The van der Waals surface area contributed by atoms with Crippen molar-refractivity contribution in [1.82, 2.24) is 4.98 Å². The van der Waals surface area contributed by atoms with Crippen LogP contribution in [0.25, 0.3) is 10.9 Å². The minimum atomic E-state index is -1.35. The number of esters is 4. The summed E-state index contributed by atoms with van der Waals surface area (Å²) in [6.07, 6.45) is -1.42. The first-order valence-electron chi connectivity index (χ1n) is 13.8. The van der Waals surface area contributed by atoms with Gasteiger partial charge >= 0.3 is 23.9 Å². The number of hydrogen-bond acceptors (Lipinski definition) is 9. The van der Waals surface area contributed by atoms with Gasteiger partial charge < -0.3 is 28.7 Å². The number of carbonyl (C=O) groups is 4. The number of nitrogens with one attached hydrogen (secondary N) is 1. The van der Waals surface area contributed by atoms with E-state index in [4.69, 9.17) is 23.7 Å². The molecule has 39 heavy (non-hydrogen) atoms. The number of benzene rings is 1. The Hall–Kier alpha value is -3.40. The lowest BCUT2D eigenvalue weighted by Crippen LogP contribution is -2.61. The van der Waals surface area contributed by atoms with Gasteiger partial charge in [-0.1, -0.05) is 39.0 Å². The monoisotopic (exact) mass is 545 g/mol. The molecule has 5 atom stereocenters. The standard InChI is InChI=1S/C29H39NO9/c1-5-10-22(31)36-26-18(4)35-29(28(38-24(33)12-7-3)27(26)37-23(32)11-6-2)39-25(34)16-15-19-17-30-21-14-9-8-13-20(19)21/h8-9,13-14,17-18,26-30H,5-7,10-12,15-16H2,1-4H3/t18-,26+,27+,28-,29-/m0/s1. The second-order valence-corrected chi connectivity index (χ2v) is 9.67. The molecule has 0 saturated carbocycles. The lowest BCUT2D eigenvalue weighted by Gasteiger charge is -2.43. The van der Waals surface area contributed by atoms with E-state index in [2.05, 4.69) is 4.98 Å². The van der Waals surface area contributed by atoms with Crippen LogP contribution >= 0.6 is 0 Å². The van der Waals surface area contributed by atoms with Crippen LogP contribution in [0.3, 0.4) is 0 Å². The smallest absolute Gasteiger partial charge is 0.308 e. The maximum atomic E-state index is 12.9. The topological polar surface area (TPSA) is 130 Å². The third-order valence-electron chi connectivity index (χ3n) is 6.41. The Morgan fingerprint density at radius 3 is 1.90 bits per heavy atom. The number of hydrogen-bond donors (Lipinski definition) is 1. The van der Waals surface area contributed by atoms with Crippen LogP contribution in [0.5, 0.6) is 0 Å². The molecule has 1 N–H and O–H groups in total. The first-order chi connectivity index (χ1) is 18.8. The van der Waals surface area contributed by atoms with E-state index in [0.29, 0.717) is 25.7 Å². The first kappa shape index (κ1) is 30.1. The fraction of sp³-hybridized carbons (Fsp3) is 0.586. The molecule has 1 aliphatic rings. The highest BCUT2D eigenvalue weighted by Gasteiger charge is 2.52. The van der Waals surface area contributed by atoms with E-state index in [0.717, 1.165) is 16.5 Å². The van der Waals surface area contributed by atoms with E-state index in [1.54, 1.807) is 6.92 Å². The van der Waals surface area contributed by atoms with Crippen molar-refractivity contribution < 1.29 is 42.9 Å². The van der Waals surface area contributed by atoms with Crippen molar-refractivity contribution in [2.75, 3.05) is 0 Å². The molecule has 1 aromatic heterocycles. The molecule has 0 bridgehead atoms. The van der Waals surface area contributed by atoms with Crippen LogP contribution in [0.15, 0.2) is 30.5 Å². The van der Waals surface area contributed by atoms with Crippen LogP contribution in [-0.2, 0) is 49.3 Å². The third-order valence-corrected chi connectivity index (χ3v) is 6.41. The number of H-pyrrole nitrogens is 1. The number of ether oxygens (including phenoxy) is 5. The zero-order valence-corrected chi connectivity index (χ0v) is 23.1. The van der Waals surface area contributed by atoms with Gasteiger partial charge in [-0.3, -0.25) is 19.2 Å². The quantitative estimate of drug-likeness (QED) is 0.285. The molecule has 214 valence electrons. The van der Waals surface area contributed by atoms with Crippen molar-refractivity contribution >= 4 is 34.8 Å². The van der Waals surface area contributed by atoms with E-state index in [1.165, 1.54) is 0 Å². The zero-order chi connectivity index (χ0) is 28.4. The Kier molecular flexibility index (Phi) is 11.3. The second kappa shape index (κ2) is 14.7. The first-order valence-corrected chi connectivity index (χ1v) is 13.8. The summed E-state index contributed by atoms with van der Waals surface area (Å²) < 4.78 is 28.5. The molecule has 1 aromatic carbocycles. The van der Waals surface area contributed by atoms with Crippen LogP contribution in [0, 0.1) is 0 Å². The van der Waals surface area contributed by atoms with Gasteiger partial charge in [0.05, 0.1) is 6.10 Å². The highest BCUT2D eigenvalue weighted by molar-refractivity contribution is 5.83. The van der Waals surface area contributed by atoms with Crippen molar-refractivity contribution in [3.05, 3.63) is 36.0 Å². The molecule has 3 rings (SSSR count). The fourth-order valence-electron chi connectivity index (χ4n) is 4.50. The van der Waals surface area contributed by atoms with Crippen molar-refractivity contribution in [2.45, 2.75) is 110 Å². The molecule has 10 nitrogen and oxygen atoms in total. The van der Waals surface area contributed by atoms with Gasteiger partial charge in [-0.2, -0.15) is 0 Å². The number of rotatable bonds is 13. The Morgan fingerprint density at radius 2 is 1.28 bits per heavy atom. The largest absolute Gasteiger partial charge is 0.455 e. The van der Waals surface area contributed by atoms with Crippen molar-refractivity contribution in [3.8, 4) is 0 Å². The number of carbonyl (C=O) groups excluding carboxylic acids is 4. The summed E-state index contributed by atoms with van der Waals surface area (Å²) in [5, 5.41) is 1.01. The highest BCUT2D eigenvalue weighted by Crippen LogP contribution is 2.31. The summed E-state index contributed by atoms with van der Waals surface area (Å²) in [5.41, 5.74) is 1.93. The number of aromatic nitrogens is 1. The fourth-order valence-corrected chi connectivity index (χ4v) is 4.50. The van der Waals surface area contributed by atoms with Gasteiger partial charge in [-0.05, 0) is 44.2 Å². The molecule has 2 heterocycles. The van der Waals surface area contributed by atoms with Crippen LogP contribution in [0.1, 0.15) is 78.2 Å². The SMILES string of the molecule is CCCC(=O)O[C@H]1[C@H](OC(=O)CCC)[C@H](OC(=O)CCc2c[nH]c3ccccc23)O[C@@H](C)[C@H]1OC(=O)CCC. The highest BCUT2D eigenvalue weighted by atomic mass is 16.7. The van der Waals surface area contributed by atoms with Crippen LogP contribution < -0.4 is 0 Å². The molecule has 1 aliphatic heterocycles. The molecule has 1 saturated heterocycles. The predicted molar refractivity (Wildman–Crippen MR) is 141 cm³/mol. The summed E-state index contributed by atoms with van der Waals surface area (Å²) in [6, 6.07) is 7.77. The van der Waals surface area contributed by atoms with E-state index in [-0.39, 0.29) is 25.7 Å². The Balaban J connectivity index is 1.80. The number of aromatic amines is 1. The van der Waals surface area contributed by atoms with Crippen LogP contribution in [0.4, 0.5) is 0 Å². The molecule has 1 fully saturated rings. The summed E-state index contributed by atoms with van der Waals surface area (Å²) in [6.45, 7) is 7.10. The normalized spacial score (nSPS) is 22.7. The Morgan fingerprint density at radius 1 is 0.744 bits per heavy atom. The lowest BCUT2D eigenvalue weighted by atomic mass is 9.98. The summed E-state index contributed by atoms with van der Waals surface area (Å²) in [5.74, 6) is -2.19. The summed E-state index contributed by atoms with van der Waals surface area (Å²) >= 11 is 0. The van der Waals surface area contributed by atoms with Crippen LogP contribution in [0.2, 0.25) is 0 Å². The second-order valence-electron chi connectivity index (χ2n) is 9.67. The van der Waals surface area contributed by atoms with Gasteiger partial charge in [0.15, 0.2) is 12.2 Å². The van der Waals surface area contributed by atoms with Gasteiger partial charge in [0.2, 0.25) is 12.4 Å². The third kappa shape index (κ3) is 8.29. The predicted octanol–water partition coefficient (Wildman–Crippen LogP) is 4.52. The molecule has 0 unspecified atom stereocenters. The summed E-state index contributed by atoms with van der Waals surface area (Å²) in [4.78, 5) is 53.6. The molecule has 2 aromatic rings. The Bertz CT molecular complexity index is 1130. The number of para-hydroxylation sites is 1. The van der Waals surface area contributed by atoms with Crippen molar-refractivity contribution in [2.24, 2.45) is 0 Å². The van der Waals surface area contributed by atoms with Crippen molar-refractivity contribution in [3.63, 3.8) is 0 Å². The molecular weight excluding hydrogens is 506 g/mol. The van der Waals surface area contributed by atoms with Gasteiger partial charge in [0, 0.05) is 42.8 Å². The Labute approximate surface area is 228 Å². The molecule has 0 spiro atoms. The summed E-state index contributed by atoms with van der Waals surface area (Å²) in [7, 11) is 0. The average Bonchev–Trinajstić information content (AvgIpc) is 3.31. The minimum Gasteiger partial charge on any atom is -0.455 e. The van der Waals surface area contributed by atoms with E-state index >= 15 is 0 Å². The van der Waals surface area contributed by atoms with Crippen molar-refractivity contribution in [1.29, 1.82) is 0 Å². The maximum Gasteiger partial charge on any atom is 0.308 e. The number of fused-ring (bicyclic) bond motifs is 1. The molecular formula is C29H39NO9. The van der Waals surface area contributed by atoms with Gasteiger partial charge in [-0.25, -0.2) is 0 Å². The number of aryl methyl sites for hydroxylation is 1. The van der Waals surface area contributed by atoms with E-state index in [9.17, 15) is 19.2 Å².